The molecule has 1 heterocycles. The van der Waals surface area contributed by atoms with Gasteiger partial charge < -0.3 is 14.8 Å². The molecule has 0 bridgehead atoms. The summed E-state index contributed by atoms with van der Waals surface area (Å²) in [6.07, 6.45) is 1.29. The Bertz CT molecular complexity index is 85.6. The number of hydrogen-bond acceptors (Lipinski definition) is 3. The lowest BCUT2D eigenvalue weighted by Gasteiger charge is -2.29. The molecule has 0 spiro atoms. The number of nitrogens with one attached hydrogen (secondary N) is 1. The van der Waals surface area contributed by atoms with Crippen LogP contribution < -0.4 is 5.32 Å². The minimum atomic E-state index is 0.235. The van der Waals surface area contributed by atoms with Crippen molar-refractivity contribution < 1.29 is 9.47 Å². The third-order valence-electron chi connectivity index (χ3n) is 1.98. The maximum atomic E-state index is 5.24. The first kappa shape index (κ1) is 7.98. The predicted molar refractivity (Wildman–Crippen MR) is 39.1 cm³/mol. The third kappa shape index (κ3) is 1.68. The lowest BCUT2D eigenvalue weighted by Crippen LogP contribution is -2.45. The van der Waals surface area contributed by atoms with E-state index in [9.17, 15) is 0 Å². The van der Waals surface area contributed by atoms with Crippen LogP contribution in [0.1, 0.15) is 6.42 Å². The van der Waals surface area contributed by atoms with E-state index < -0.39 is 0 Å². The molecule has 0 saturated carbocycles. The molecule has 0 aromatic heterocycles. The van der Waals surface area contributed by atoms with E-state index in [1.807, 2.05) is 7.05 Å². The van der Waals surface area contributed by atoms with Gasteiger partial charge in [-0.1, -0.05) is 0 Å². The van der Waals surface area contributed by atoms with E-state index in [1.165, 1.54) is 0 Å². The van der Waals surface area contributed by atoms with Gasteiger partial charge in [0.1, 0.15) is 0 Å². The number of ether oxygens (including phenoxy) is 2. The molecule has 1 saturated heterocycles. The van der Waals surface area contributed by atoms with Gasteiger partial charge in [0.05, 0.1) is 12.7 Å². The SMILES string of the molecule is CNC1CCOCC1OC. The molecule has 1 aliphatic rings. The maximum Gasteiger partial charge on any atom is 0.0957 e. The highest BCUT2D eigenvalue weighted by Gasteiger charge is 2.23. The summed E-state index contributed by atoms with van der Waals surface area (Å²) >= 11 is 0. The zero-order valence-corrected chi connectivity index (χ0v) is 6.59. The molecule has 0 radical (unpaired) electrons. The molecule has 0 aromatic rings. The largest absolute Gasteiger partial charge is 0.379 e. The summed E-state index contributed by atoms with van der Waals surface area (Å²) in [6, 6.07) is 0.471. The van der Waals surface area contributed by atoms with Crippen LogP contribution in [0, 0.1) is 0 Å². The highest BCUT2D eigenvalue weighted by Crippen LogP contribution is 2.09. The molecule has 0 amide bonds. The van der Waals surface area contributed by atoms with E-state index in [0.29, 0.717) is 6.04 Å². The molecule has 2 atom stereocenters. The van der Waals surface area contributed by atoms with Crippen LogP contribution in [-0.2, 0) is 9.47 Å². The van der Waals surface area contributed by atoms with Crippen molar-refractivity contribution >= 4 is 0 Å². The van der Waals surface area contributed by atoms with Crippen molar-refractivity contribution in [2.45, 2.75) is 18.6 Å². The van der Waals surface area contributed by atoms with Crippen LogP contribution in [0.15, 0.2) is 0 Å². The molecule has 1 aliphatic heterocycles. The lowest BCUT2D eigenvalue weighted by atomic mass is 10.1. The van der Waals surface area contributed by atoms with Crippen LogP contribution in [0.25, 0.3) is 0 Å². The van der Waals surface area contributed by atoms with Gasteiger partial charge in [-0.2, -0.15) is 0 Å². The van der Waals surface area contributed by atoms with Crippen LogP contribution >= 0.6 is 0 Å². The highest BCUT2D eigenvalue weighted by molar-refractivity contribution is 4.78. The van der Waals surface area contributed by atoms with E-state index in [0.717, 1.165) is 19.6 Å². The van der Waals surface area contributed by atoms with Crippen molar-refractivity contribution in [3.8, 4) is 0 Å². The average molecular weight is 145 g/mol. The second-order valence-corrected chi connectivity index (χ2v) is 2.53. The normalized spacial score (nSPS) is 34.2. The van der Waals surface area contributed by atoms with E-state index >= 15 is 0 Å². The Hall–Kier alpha value is -0.120. The quantitative estimate of drug-likeness (QED) is 0.593. The standard InChI is InChI=1S/C7H15NO2/c1-8-6-3-4-10-5-7(6)9-2/h6-8H,3-5H2,1-2H3. The molecule has 60 valence electrons. The molecule has 1 N–H and O–H groups in total. The highest BCUT2D eigenvalue weighted by atomic mass is 16.5. The summed E-state index contributed by atoms with van der Waals surface area (Å²) < 4.78 is 10.4. The summed E-state index contributed by atoms with van der Waals surface area (Å²) in [5.74, 6) is 0. The van der Waals surface area contributed by atoms with E-state index in [1.54, 1.807) is 7.11 Å². The summed E-state index contributed by atoms with van der Waals surface area (Å²) in [5.41, 5.74) is 0. The first-order valence-corrected chi connectivity index (χ1v) is 3.66. The van der Waals surface area contributed by atoms with Crippen molar-refractivity contribution in [1.29, 1.82) is 0 Å². The fourth-order valence-corrected chi connectivity index (χ4v) is 1.27. The topological polar surface area (TPSA) is 30.5 Å². The first-order valence-electron chi connectivity index (χ1n) is 3.66. The average Bonchev–Trinajstić information content (AvgIpc) is 2.04. The minimum Gasteiger partial charge on any atom is -0.379 e. The van der Waals surface area contributed by atoms with Gasteiger partial charge in [0.15, 0.2) is 0 Å². The number of likely N-dealkylation sites (N-methyl/N-ethyl adjacent to an activating group) is 1. The van der Waals surface area contributed by atoms with Crippen LogP contribution in [0.4, 0.5) is 0 Å². The van der Waals surface area contributed by atoms with Gasteiger partial charge in [0.2, 0.25) is 0 Å². The van der Waals surface area contributed by atoms with Gasteiger partial charge in [-0.15, -0.1) is 0 Å². The molecule has 3 heteroatoms. The fraction of sp³-hybridized carbons (Fsp3) is 1.00. The summed E-state index contributed by atoms with van der Waals surface area (Å²) in [6.45, 7) is 1.58. The van der Waals surface area contributed by atoms with E-state index in [4.69, 9.17) is 9.47 Å². The smallest absolute Gasteiger partial charge is 0.0957 e. The minimum absolute atomic E-state index is 0.235. The molecular formula is C7H15NO2. The van der Waals surface area contributed by atoms with Crippen molar-refractivity contribution in [3.63, 3.8) is 0 Å². The first-order chi connectivity index (χ1) is 4.88. The van der Waals surface area contributed by atoms with Crippen LogP contribution in [-0.4, -0.2) is 39.5 Å². The van der Waals surface area contributed by atoms with Gasteiger partial charge in [-0.05, 0) is 13.5 Å². The number of hydrogen-bond donors (Lipinski definition) is 1. The molecule has 0 aliphatic carbocycles. The van der Waals surface area contributed by atoms with Crippen LogP contribution in [0.2, 0.25) is 0 Å². The third-order valence-corrected chi connectivity index (χ3v) is 1.98. The zero-order valence-electron chi connectivity index (χ0n) is 6.59. The van der Waals surface area contributed by atoms with Crippen LogP contribution in [0.3, 0.4) is 0 Å². The Labute approximate surface area is 61.7 Å². The Balaban J connectivity index is 2.34. The molecule has 2 unspecified atom stereocenters. The Morgan fingerprint density at radius 2 is 2.40 bits per heavy atom. The van der Waals surface area contributed by atoms with Crippen molar-refractivity contribution in [1.82, 2.24) is 5.32 Å². The molecule has 1 rings (SSSR count). The van der Waals surface area contributed by atoms with E-state index in [-0.39, 0.29) is 6.10 Å². The van der Waals surface area contributed by atoms with Gasteiger partial charge in [-0.3, -0.25) is 0 Å². The second-order valence-electron chi connectivity index (χ2n) is 2.53. The Morgan fingerprint density at radius 3 is 2.90 bits per heavy atom. The van der Waals surface area contributed by atoms with Gasteiger partial charge >= 0.3 is 0 Å². The molecular weight excluding hydrogens is 130 g/mol. The monoisotopic (exact) mass is 145 g/mol. The predicted octanol–water partition coefficient (Wildman–Crippen LogP) is 0.00970. The van der Waals surface area contributed by atoms with Crippen molar-refractivity contribution in [2.75, 3.05) is 27.4 Å². The summed E-state index contributed by atoms with van der Waals surface area (Å²) in [7, 11) is 3.69. The van der Waals surface area contributed by atoms with Crippen LogP contribution in [0.5, 0.6) is 0 Å². The fourth-order valence-electron chi connectivity index (χ4n) is 1.27. The molecule has 1 fully saturated rings. The Morgan fingerprint density at radius 1 is 1.60 bits per heavy atom. The van der Waals surface area contributed by atoms with E-state index in [2.05, 4.69) is 5.32 Å². The van der Waals surface area contributed by atoms with Gasteiger partial charge in [0.25, 0.3) is 0 Å². The number of methoxy groups -OCH3 is 1. The summed E-state index contributed by atoms with van der Waals surface area (Å²) in [4.78, 5) is 0. The molecule has 10 heavy (non-hydrogen) atoms. The molecule has 3 nitrogen and oxygen atoms in total. The maximum absolute atomic E-state index is 5.24. The summed E-state index contributed by atoms with van der Waals surface area (Å²) in [5, 5.41) is 3.20. The van der Waals surface area contributed by atoms with Crippen molar-refractivity contribution in [2.24, 2.45) is 0 Å². The Kier molecular flexibility index (Phi) is 3.12. The second kappa shape index (κ2) is 3.91. The van der Waals surface area contributed by atoms with Gasteiger partial charge in [-0.25, -0.2) is 0 Å². The van der Waals surface area contributed by atoms with Gasteiger partial charge in [0, 0.05) is 19.8 Å². The molecule has 0 aromatic carbocycles. The number of rotatable bonds is 2. The zero-order chi connectivity index (χ0) is 7.40. The van der Waals surface area contributed by atoms with Crippen molar-refractivity contribution in [3.05, 3.63) is 0 Å². The lowest BCUT2D eigenvalue weighted by molar-refractivity contribution is -0.0481.